The van der Waals surface area contributed by atoms with E-state index in [1.165, 1.54) is 0 Å². The molecule has 0 aliphatic rings. The Morgan fingerprint density at radius 2 is 1.64 bits per heavy atom. The van der Waals surface area contributed by atoms with Crippen LogP contribution in [0.15, 0.2) is 0 Å². The van der Waals surface area contributed by atoms with E-state index in [0.29, 0.717) is 6.61 Å². The molecule has 0 aliphatic heterocycles. The molecule has 0 aromatic carbocycles. The highest BCUT2D eigenvalue weighted by Crippen LogP contribution is 2.07. The lowest BCUT2D eigenvalue weighted by atomic mass is 10.4. The van der Waals surface area contributed by atoms with Gasteiger partial charge in [-0.3, -0.25) is 0 Å². The minimum absolute atomic E-state index is 0.0896. The Balaban J connectivity index is 3.29. The molecule has 3 unspecified atom stereocenters. The molecule has 68 valence electrons. The molecule has 0 amide bonds. The lowest BCUT2D eigenvalue weighted by Gasteiger charge is -2.15. The predicted molar refractivity (Wildman–Crippen MR) is 53.3 cm³/mol. The van der Waals surface area contributed by atoms with Crippen LogP contribution >= 0.6 is 31.9 Å². The van der Waals surface area contributed by atoms with Gasteiger partial charge >= 0.3 is 0 Å². The number of halogens is 2. The minimum Gasteiger partial charge on any atom is -0.365 e. The largest absolute Gasteiger partial charge is 0.365 e. The minimum atomic E-state index is 0.0896. The van der Waals surface area contributed by atoms with Crippen molar-refractivity contribution in [3.63, 3.8) is 0 Å². The number of hydrogen-bond acceptors (Lipinski definition) is 2. The molecule has 0 fully saturated rings. The van der Waals surface area contributed by atoms with Crippen LogP contribution in [0, 0.1) is 0 Å². The molecule has 11 heavy (non-hydrogen) atoms. The van der Waals surface area contributed by atoms with Gasteiger partial charge in [-0.15, -0.1) is 0 Å². The van der Waals surface area contributed by atoms with E-state index in [2.05, 4.69) is 31.9 Å². The van der Waals surface area contributed by atoms with Gasteiger partial charge in [-0.05, 0) is 20.8 Å². The van der Waals surface area contributed by atoms with Crippen molar-refractivity contribution in [3.8, 4) is 0 Å². The smallest absolute Gasteiger partial charge is 0.110 e. The van der Waals surface area contributed by atoms with E-state index in [4.69, 9.17) is 9.47 Å². The summed E-state index contributed by atoms with van der Waals surface area (Å²) in [6.45, 7) is 6.47. The molecule has 0 saturated heterocycles. The zero-order chi connectivity index (χ0) is 8.85. The van der Waals surface area contributed by atoms with Gasteiger partial charge in [0.15, 0.2) is 0 Å². The summed E-state index contributed by atoms with van der Waals surface area (Å²) in [5.41, 5.74) is 0. The van der Waals surface area contributed by atoms with Gasteiger partial charge in [0.25, 0.3) is 0 Å². The summed E-state index contributed by atoms with van der Waals surface area (Å²) in [7, 11) is 0. The maximum absolute atomic E-state index is 5.37. The van der Waals surface area contributed by atoms with E-state index in [9.17, 15) is 0 Å². The standard InChI is InChI=1S/C7H14Br2O2/c1-5(11-7(3)9)4-10-6(2)8/h5-7H,4H2,1-3H3. The molecule has 0 aromatic rings. The summed E-state index contributed by atoms with van der Waals surface area (Å²) in [4.78, 5) is 0. The average molecular weight is 290 g/mol. The van der Waals surface area contributed by atoms with E-state index in [0.717, 1.165) is 0 Å². The van der Waals surface area contributed by atoms with Gasteiger partial charge in [0.05, 0.1) is 12.7 Å². The molecule has 0 rings (SSSR count). The van der Waals surface area contributed by atoms with Gasteiger partial charge < -0.3 is 9.47 Å². The summed E-state index contributed by atoms with van der Waals surface area (Å²) < 4.78 is 10.6. The SMILES string of the molecule is CC(Br)OCC(C)OC(C)Br. The third-order valence-corrected chi connectivity index (χ3v) is 1.46. The van der Waals surface area contributed by atoms with Gasteiger partial charge in [-0.1, -0.05) is 31.9 Å². The van der Waals surface area contributed by atoms with Crippen molar-refractivity contribution in [3.05, 3.63) is 0 Å². The van der Waals surface area contributed by atoms with E-state index in [-0.39, 0.29) is 16.1 Å². The zero-order valence-electron chi connectivity index (χ0n) is 7.01. The van der Waals surface area contributed by atoms with Crippen molar-refractivity contribution in [1.82, 2.24) is 0 Å². The highest BCUT2D eigenvalue weighted by molar-refractivity contribution is 9.09. The van der Waals surface area contributed by atoms with Crippen molar-refractivity contribution < 1.29 is 9.47 Å². The third kappa shape index (κ3) is 8.79. The van der Waals surface area contributed by atoms with Crippen molar-refractivity contribution >= 4 is 31.9 Å². The average Bonchev–Trinajstić information content (AvgIpc) is 1.82. The highest BCUT2D eigenvalue weighted by Gasteiger charge is 2.06. The third-order valence-electron chi connectivity index (χ3n) is 0.980. The van der Waals surface area contributed by atoms with Crippen LogP contribution in [0.2, 0.25) is 0 Å². The molecule has 0 radical (unpaired) electrons. The normalized spacial score (nSPS) is 19.4. The number of alkyl halides is 2. The number of ether oxygens (including phenoxy) is 2. The Morgan fingerprint density at radius 3 is 2.00 bits per heavy atom. The van der Waals surface area contributed by atoms with Gasteiger partial charge in [0.1, 0.15) is 10.0 Å². The lowest BCUT2D eigenvalue weighted by Crippen LogP contribution is -2.20. The lowest BCUT2D eigenvalue weighted by molar-refractivity contribution is -0.0129. The van der Waals surface area contributed by atoms with Crippen LogP contribution in [0.3, 0.4) is 0 Å². The first-order valence-corrected chi connectivity index (χ1v) is 5.40. The molecule has 0 saturated carbocycles. The van der Waals surface area contributed by atoms with Gasteiger partial charge in [0, 0.05) is 0 Å². The molecular weight excluding hydrogens is 276 g/mol. The molecule has 4 heteroatoms. The van der Waals surface area contributed by atoms with Crippen molar-refractivity contribution in [2.75, 3.05) is 6.61 Å². The second-order valence-electron chi connectivity index (χ2n) is 2.37. The molecule has 0 heterocycles. The van der Waals surface area contributed by atoms with Crippen molar-refractivity contribution in [2.24, 2.45) is 0 Å². The first kappa shape index (κ1) is 11.9. The molecule has 0 N–H and O–H groups in total. The van der Waals surface area contributed by atoms with Gasteiger partial charge in [-0.2, -0.15) is 0 Å². The van der Waals surface area contributed by atoms with Crippen molar-refractivity contribution in [2.45, 2.75) is 36.9 Å². The topological polar surface area (TPSA) is 18.5 Å². The Kier molecular flexibility index (Phi) is 6.91. The van der Waals surface area contributed by atoms with Crippen LogP contribution < -0.4 is 0 Å². The Labute approximate surface area is 84.9 Å². The van der Waals surface area contributed by atoms with E-state index >= 15 is 0 Å². The first-order valence-electron chi connectivity index (χ1n) is 3.57. The maximum Gasteiger partial charge on any atom is 0.110 e. The van der Waals surface area contributed by atoms with E-state index in [1.54, 1.807) is 0 Å². The molecule has 3 atom stereocenters. The van der Waals surface area contributed by atoms with Crippen LogP contribution in [0.4, 0.5) is 0 Å². The monoisotopic (exact) mass is 288 g/mol. The second-order valence-corrected chi connectivity index (χ2v) is 4.95. The summed E-state index contributed by atoms with van der Waals surface area (Å²) in [6.07, 6.45) is 0.129. The zero-order valence-corrected chi connectivity index (χ0v) is 10.2. The molecule has 2 nitrogen and oxygen atoms in total. The second kappa shape index (κ2) is 6.40. The van der Waals surface area contributed by atoms with Crippen LogP contribution in [-0.2, 0) is 9.47 Å². The molecule has 0 bridgehead atoms. The molecule has 0 aromatic heterocycles. The Morgan fingerprint density at radius 1 is 1.09 bits per heavy atom. The quantitative estimate of drug-likeness (QED) is 0.725. The van der Waals surface area contributed by atoms with Gasteiger partial charge in [-0.25, -0.2) is 0 Å². The van der Waals surface area contributed by atoms with Crippen LogP contribution in [-0.4, -0.2) is 22.7 Å². The van der Waals surface area contributed by atoms with E-state index in [1.807, 2.05) is 20.8 Å². The Hall–Kier alpha value is 0.880. The van der Waals surface area contributed by atoms with Crippen molar-refractivity contribution in [1.29, 1.82) is 0 Å². The highest BCUT2D eigenvalue weighted by atomic mass is 79.9. The predicted octanol–water partition coefficient (Wildman–Crippen LogP) is 2.89. The summed E-state index contributed by atoms with van der Waals surface area (Å²) in [5.74, 6) is 0. The maximum atomic E-state index is 5.37. The van der Waals surface area contributed by atoms with E-state index < -0.39 is 0 Å². The van der Waals surface area contributed by atoms with Crippen LogP contribution in [0.5, 0.6) is 0 Å². The summed E-state index contributed by atoms with van der Waals surface area (Å²) in [5, 5.41) is 0.186. The molecule has 0 aliphatic carbocycles. The molecule has 0 spiro atoms. The molecular formula is C7H14Br2O2. The Bertz CT molecular complexity index is 96.4. The van der Waals surface area contributed by atoms with Gasteiger partial charge in [0.2, 0.25) is 0 Å². The number of rotatable bonds is 5. The summed E-state index contributed by atoms with van der Waals surface area (Å²) in [6, 6.07) is 0. The van der Waals surface area contributed by atoms with Crippen LogP contribution in [0.1, 0.15) is 20.8 Å². The fourth-order valence-electron chi connectivity index (χ4n) is 0.627. The fourth-order valence-corrected chi connectivity index (χ4v) is 1.15. The summed E-state index contributed by atoms with van der Waals surface area (Å²) >= 11 is 6.57. The first-order chi connectivity index (χ1) is 5.02. The fraction of sp³-hybridized carbons (Fsp3) is 1.00. The number of hydrogen-bond donors (Lipinski definition) is 0. The van der Waals surface area contributed by atoms with Crippen LogP contribution in [0.25, 0.3) is 0 Å².